The standard InChI is InChI=1S/C28H49N7O3S/c1-35(2)26-14-7-12-24-23(26)11-8-15-27(24)39(37,38)34-22-4-3-13-25(30)28(36)33-21-10-20-32-18-6-5-17-31-19-9-16-29/h7-8,11-12,14-15,25,31-32,34H,3-6,9-10,13,16-22,29-30H2,1-2H3,(H,33,36)/t25-/m0/s1. The van der Waals surface area contributed by atoms with Crippen LogP contribution in [0.1, 0.15) is 44.9 Å². The fourth-order valence-corrected chi connectivity index (χ4v) is 5.62. The molecule has 39 heavy (non-hydrogen) atoms. The highest BCUT2D eigenvalue weighted by atomic mass is 32.2. The van der Waals surface area contributed by atoms with Crippen molar-refractivity contribution in [2.24, 2.45) is 11.5 Å². The van der Waals surface area contributed by atoms with Gasteiger partial charge in [-0.15, -0.1) is 0 Å². The third-order valence-electron chi connectivity index (χ3n) is 6.55. The summed E-state index contributed by atoms with van der Waals surface area (Å²) in [6, 6.07) is 10.4. The molecule has 0 aliphatic carbocycles. The number of carbonyl (C=O) groups excluding carboxylic acids is 1. The van der Waals surface area contributed by atoms with Crippen LogP contribution < -0.4 is 37.0 Å². The van der Waals surface area contributed by atoms with Gasteiger partial charge in [0, 0.05) is 43.6 Å². The molecule has 0 aliphatic heterocycles. The highest BCUT2D eigenvalue weighted by Gasteiger charge is 2.18. The second-order valence-corrected chi connectivity index (χ2v) is 11.8. The lowest BCUT2D eigenvalue weighted by molar-refractivity contribution is -0.122. The SMILES string of the molecule is CN(C)c1cccc2c(S(=O)(=O)NCCCC[C@H](N)C(=O)NCCCNCCCCNCCCN)cccc12. The summed E-state index contributed by atoms with van der Waals surface area (Å²) in [5.74, 6) is -0.161. The molecule has 1 amide bonds. The van der Waals surface area contributed by atoms with Gasteiger partial charge >= 0.3 is 0 Å². The number of nitrogens with zero attached hydrogens (tertiary/aromatic N) is 1. The number of nitrogens with one attached hydrogen (secondary N) is 4. The first-order valence-electron chi connectivity index (χ1n) is 14.1. The number of sulfonamides is 1. The van der Waals surface area contributed by atoms with E-state index in [0.717, 1.165) is 69.5 Å². The zero-order chi connectivity index (χ0) is 28.5. The van der Waals surface area contributed by atoms with Gasteiger partial charge in [-0.1, -0.05) is 30.7 Å². The molecule has 0 unspecified atom stereocenters. The molecule has 0 heterocycles. The highest BCUT2D eigenvalue weighted by molar-refractivity contribution is 7.89. The van der Waals surface area contributed by atoms with E-state index in [1.807, 2.05) is 43.3 Å². The predicted octanol–water partition coefficient (Wildman–Crippen LogP) is 1.50. The molecule has 8 N–H and O–H groups in total. The Labute approximate surface area is 234 Å². The smallest absolute Gasteiger partial charge is 0.241 e. The largest absolute Gasteiger partial charge is 0.377 e. The summed E-state index contributed by atoms with van der Waals surface area (Å²) >= 11 is 0. The zero-order valence-electron chi connectivity index (χ0n) is 23.7. The first-order chi connectivity index (χ1) is 18.8. The number of nitrogens with two attached hydrogens (primary N) is 2. The number of benzene rings is 2. The van der Waals surface area contributed by atoms with Crippen molar-refractivity contribution in [3.8, 4) is 0 Å². The van der Waals surface area contributed by atoms with Crippen molar-refractivity contribution in [3.05, 3.63) is 36.4 Å². The molecule has 0 saturated heterocycles. The molecule has 0 fully saturated rings. The summed E-state index contributed by atoms with van der Waals surface area (Å²) < 4.78 is 28.7. The monoisotopic (exact) mass is 563 g/mol. The summed E-state index contributed by atoms with van der Waals surface area (Å²) in [5.41, 5.74) is 12.5. The van der Waals surface area contributed by atoms with Crippen molar-refractivity contribution < 1.29 is 13.2 Å². The molecule has 2 rings (SSSR count). The Bertz CT molecular complexity index is 1100. The number of fused-ring (bicyclic) bond motifs is 1. The van der Waals surface area contributed by atoms with Crippen molar-refractivity contribution in [3.63, 3.8) is 0 Å². The van der Waals surface area contributed by atoms with E-state index in [1.54, 1.807) is 12.1 Å². The van der Waals surface area contributed by atoms with Crippen LogP contribution in [0, 0.1) is 0 Å². The van der Waals surface area contributed by atoms with Crippen LogP contribution in [0.5, 0.6) is 0 Å². The van der Waals surface area contributed by atoms with Crippen molar-refractivity contribution in [2.45, 2.75) is 55.9 Å². The van der Waals surface area contributed by atoms with Crippen LogP contribution in [0.25, 0.3) is 10.8 Å². The van der Waals surface area contributed by atoms with E-state index >= 15 is 0 Å². The minimum Gasteiger partial charge on any atom is -0.377 e. The number of unbranched alkanes of at least 4 members (excludes halogenated alkanes) is 2. The van der Waals surface area contributed by atoms with Gasteiger partial charge in [0.2, 0.25) is 15.9 Å². The van der Waals surface area contributed by atoms with Crippen molar-refractivity contribution in [1.29, 1.82) is 0 Å². The molecule has 10 nitrogen and oxygen atoms in total. The van der Waals surface area contributed by atoms with Crippen LogP contribution in [0.3, 0.4) is 0 Å². The number of amides is 1. The van der Waals surface area contributed by atoms with Gasteiger partial charge in [-0.05, 0) is 83.4 Å². The van der Waals surface area contributed by atoms with Crippen LogP contribution in [0.4, 0.5) is 5.69 Å². The normalized spacial score (nSPS) is 12.5. The fourth-order valence-electron chi connectivity index (χ4n) is 4.33. The number of hydrogen-bond donors (Lipinski definition) is 6. The Hall–Kier alpha value is -2.28. The summed E-state index contributed by atoms with van der Waals surface area (Å²) in [5, 5.41) is 11.2. The number of carbonyl (C=O) groups is 1. The Morgan fingerprint density at radius 3 is 2.13 bits per heavy atom. The molecular formula is C28H49N7O3S. The molecule has 0 spiro atoms. The average molecular weight is 564 g/mol. The van der Waals surface area contributed by atoms with E-state index < -0.39 is 16.1 Å². The van der Waals surface area contributed by atoms with E-state index in [0.29, 0.717) is 31.2 Å². The van der Waals surface area contributed by atoms with Crippen molar-refractivity contribution in [2.75, 3.05) is 64.8 Å². The molecule has 0 saturated carbocycles. The molecule has 220 valence electrons. The Morgan fingerprint density at radius 2 is 1.44 bits per heavy atom. The van der Waals surface area contributed by atoms with E-state index in [4.69, 9.17) is 11.5 Å². The number of rotatable bonds is 21. The molecular weight excluding hydrogens is 514 g/mol. The second-order valence-electron chi connectivity index (χ2n) is 10.0. The zero-order valence-corrected chi connectivity index (χ0v) is 24.5. The lowest BCUT2D eigenvalue weighted by atomic mass is 10.1. The van der Waals surface area contributed by atoms with Crippen LogP contribution in [-0.4, -0.2) is 80.3 Å². The van der Waals surface area contributed by atoms with Gasteiger partial charge in [-0.2, -0.15) is 0 Å². The molecule has 0 aliphatic rings. The second kappa shape index (κ2) is 18.1. The third-order valence-corrected chi connectivity index (χ3v) is 8.06. The van der Waals surface area contributed by atoms with Crippen LogP contribution in [0.15, 0.2) is 41.3 Å². The Morgan fingerprint density at radius 1 is 0.821 bits per heavy atom. The van der Waals surface area contributed by atoms with Gasteiger partial charge in [0.15, 0.2) is 0 Å². The van der Waals surface area contributed by atoms with E-state index in [9.17, 15) is 13.2 Å². The Kier molecular flexibility index (Phi) is 15.3. The highest BCUT2D eigenvalue weighted by Crippen LogP contribution is 2.30. The van der Waals surface area contributed by atoms with Crippen molar-refractivity contribution in [1.82, 2.24) is 20.7 Å². The number of anilines is 1. The van der Waals surface area contributed by atoms with E-state index in [1.165, 1.54) is 0 Å². The molecule has 0 aromatic heterocycles. The average Bonchev–Trinajstić information content (AvgIpc) is 2.92. The fraction of sp³-hybridized carbons (Fsp3) is 0.607. The van der Waals surface area contributed by atoms with Gasteiger partial charge in [-0.25, -0.2) is 13.1 Å². The third kappa shape index (κ3) is 11.8. The van der Waals surface area contributed by atoms with Crippen LogP contribution in [0.2, 0.25) is 0 Å². The molecule has 2 aromatic carbocycles. The van der Waals surface area contributed by atoms with Gasteiger partial charge in [0.25, 0.3) is 0 Å². The maximum Gasteiger partial charge on any atom is 0.241 e. The molecule has 0 radical (unpaired) electrons. The number of hydrogen-bond acceptors (Lipinski definition) is 8. The molecule has 11 heteroatoms. The predicted molar refractivity (Wildman–Crippen MR) is 162 cm³/mol. The Balaban J connectivity index is 1.59. The van der Waals surface area contributed by atoms with Gasteiger partial charge in [-0.3, -0.25) is 4.79 Å². The summed E-state index contributed by atoms with van der Waals surface area (Å²) in [7, 11) is 0.202. The summed E-state index contributed by atoms with van der Waals surface area (Å²) in [6.45, 7) is 5.41. The first-order valence-corrected chi connectivity index (χ1v) is 15.6. The van der Waals surface area contributed by atoms with Crippen molar-refractivity contribution >= 4 is 32.4 Å². The van der Waals surface area contributed by atoms with Crippen LogP contribution in [-0.2, 0) is 14.8 Å². The van der Waals surface area contributed by atoms with Gasteiger partial charge in [0.1, 0.15) is 0 Å². The lowest BCUT2D eigenvalue weighted by Gasteiger charge is -2.17. The molecule has 0 bridgehead atoms. The minimum atomic E-state index is -3.67. The van der Waals surface area contributed by atoms with Crippen LogP contribution >= 0.6 is 0 Å². The van der Waals surface area contributed by atoms with Gasteiger partial charge in [0.05, 0.1) is 10.9 Å². The maximum absolute atomic E-state index is 13.0. The summed E-state index contributed by atoms with van der Waals surface area (Å²) in [6.07, 6.45) is 5.86. The summed E-state index contributed by atoms with van der Waals surface area (Å²) in [4.78, 5) is 14.5. The minimum absolute atomic E-state index is 0.161. The molecule has 1 atom stereocenters. The quantitative estimate of drug-likeness (QED) is 0.125. The topological polar surface area (TPSA) is 155 Å². The van der Waals surface area contributed by atoms with E-state index in [-0.39, 0.29) is 17.3 Å². The molecule has 2 aromatic rings. The van der Waals surface area contributed by atoms with Gasteiger partial charge < -0.3 is 32.3 Å². The lowest BCUT2D eigenvalue weighted by Crippen LogP contribution is -2.41. The first kappa shape index (κ1) is 32.9. The maximum atomic E-state index is 13.0. The van der Waals surface area contributed by atoms with E-state index in [2.05, 4.69) is 20.7 Å².